The molecular formula is C14H11ClN4. The number of hydrogen-bond donors (Lipinski definition) is 1. The van der Waals surface area contributed by atoms with Gasteiger partial charge in [0, 0.05) is 17.5 Å². The van der Waals surface area contributed by atoms with Gasteiger partial charge in [-0.1, -0.05) is 18.2 Å². The minimum Gasteiger partial charge on any atom is -0.383 e. The highest BCUT2D eigenvalue weighted by Crippen LogP contribution is 2.24. The van der Waals surface area contributed by atoms with Crippen molar-refractivity contribution in [1.82, 2.24) is 15.0 Å². The minimum atomic E-state index is 0.360. The molecule has 0 radical (unpaired) electrons. The lowest BCUT2D eigenvalue weighted by atomic mass is 10.2. The Labute approximate surface area is 115 Å². The molecule has 0 aliphatic rings. The Morgan fingerprint density at radius 3 is 2.74 bits per heavy atom. The van der Waals surface area contributed by atoms with Gasteiger partial charge < -0.3 is 5.73 Å². The van der Waals surface area contributed by atoms with Crippen molar-refractivity contribution >= 4 is 28.3 Å². The number of nitrogens with zero attached hydrogens (tertiary/aromatic N) is 3. The average molecular weight is 271 g/mol. The zero-order valence-electron chi connectivity index (χ0n) is 10.0. The largest absolute Gasteiger partial charge is 0.383 e. The number of rotatable bonds is 2. The van der Waals surface area contributed by atoms with Crippen molar-refractivity contribution in [2.45, 2.75) is 5.88 Å². The third-order valence-corrected chi connectivity index (χ3v) is 3.17. The molecule has 0 saturated heterocycles. The van der Waals surface area contributed by atoms with Crippen LogP contribution in [0.2, 0.25) is 0 Å². The number of hydrogen-bond acceptors (Lipinski definition) is 4. The molecular weight excluding hydrogens is 260 g/mol. The Hall–Kier alpha value is -2.20. The fraction of sp³-hybridized carbons (Fsp3) is 0.0714. The molecule has 0 atom stereocenters. The zero-order chi connectivity index (χ0) is 13.2. The number of alkyl halides is 1. The van der Waals surface area contributed by atoms with Gasteiger partial charge in [-0.2, -0.15) is 0 Å². The van der Waals surface area contributed by atoms with Crippen LogP contribution in [0.25, 0.3) is 22.4 Å². The number of anilines is 1. The average Bonchev–Trinajstić information content (AvgIpc) is 2.47. The molecule has 19 heavy (non-hydrogen) atoms. The number of halogens is 1. The number of nitrogens with two attached hydrogens (primary N) is 1. The number of nitrogen functional groups attached to an aromatic ring is 1. The maximum atomic E-state index is 5.97. The highest BCUT2D eigenvalue weighted by Gasteiger charge is 2.11. The van der Waals surface area contributed by atoms with Crippen molar-refractivity contribution in [3.8, 4) is 11.5 Å². The van der Waals surface area contributed by atoms with Crippen LogP contribution in [0.4, 0.5) is 5.82 Å². The first-order valence-electron chi connectivity index (χ1n) is 5.82. The van der Waals surface area contributed by atoms with Gasteiger partial charge in [0.2, 0.25) is 0 Å². The van der Waals surface area contributed by atoms with Crippen LogP contribution in [0.15, 0.2) is 42.6 Å². The standard InChI is InChI=1S/C14H11ClN4/c15-8-9-4-3-7-17-12(9)14-18-11-6-2-1-5-10(11)13(16)19-14/h1-7H,8H2,(H2,16,18,19). The molecule has 0 amide bonds. The first kappa shape index (κ1) is 11.9. The minimum absolute atomic E-state index is 0.360. The molecule has 0 spiro atoms. The van der Waals surface area contributed by atoms with E-state index in [0.717, 1.165) is 16.5 Å². The summed E-state index contributed by atoms with van der Waals surface area (Å²) in [6, 6.07) is 11.4. The summed E-state index contributed by atoms with van der Waals surface area (Å²) >= 11 is 5.91. The summed E-state index contributed by atoms with van der Waals surface area (Å²) in [4.78, 5) is 13.1. The van der Waals surface area contributed by atoms with Gasteiger partial charge in [-0.3, -0.25) is 4.98 Å². The van der Waals surface area contributed by atoms with E-state index >= 15 is 0 Å². The second kappa shape index (κ2) is 4.82. The molecule has 0 saturated carbocycles. The summed E-state index contributed by atoms with van der Waals surface area (Å²) in [7, 11) is 0. The van der Waals surface area contributed by atoms with E-state index in [9.17, 15) is 0 Å². The summed E-state index contributed by atoms with van der Waals surface area (Å²) in [5.41, 5.74) is 8.34. The highest BCUT2D eigenvalue weighted by molar-refractivity contribution is 6.17. The Morgan fingerprint density at radius 2 is 1.89 bits per heavy atom. The molecule has 0 aliphatic heterocycles. The van der Waals surface area contributed by atoms with Crippen molar-refractivity contribution in [3.05, 3.63) is 48.2 Å². The van der Waals surface area contributed by atoms with Gasteiger partial charge >= 0.3 is 0 Å². The van der Waals surface area contributed by atoms with E-state index in [0.29, 0.717) is 23.2 Å². The van der Waals surface area contributed by atoms with Gasteiger partial charge in [-0.25, -0.2) is 9.97 Å². The summed E-state index contributed by atoms with van der Waals surface area (Å²) in [5, 5.41) is 0.842. The molecule has 0 fully saturated rings. The van der Waals surface area contributed by atoms with Crippen molar-refractivity contribution in [1.29, 1.82) is 0 Å². The highest BCUT2D eigenvalue weighted by atomic mass is 35.5. The van der Waals surface area contributed by atoms with Crippen molar-refractivity contribution in [2.75, 3.05) is 5.73 Å². The van der Waals surface area contributed by atoms with E-state index in [4.69, 9.17) is 17.3 Å². The molecule has 94 valence electrons. The molecule has 1 aromatic carbocycles. The summed E-state index contributed by atoms with van der Waals surface area (Å²) in [6.45, 7) is 0. The molecule has 3 aromatic rings. The van der Waals surface area contributed by atoms with E-state index in [1.807, 2.05) is 36.4 Å². The van der Waals surface area contributed by atoms with Crippen LogP contribution in [0.1, 0.15) is 5.56 Å². The fourth-order valence-corrected chi connectivity index (χ4v) is 2.17. The number of para-hydroxylation sites is 1. The van der Waals surface area contributed by atoms with Gasteiger partial charge in [0.25, 0.3) is 0 Å². The zero-order valence-corrected chi connectivity index (χ0v) is 10.8. The summed E-state index contributed by atoms with van der Waals surface area (Å²) in [6.07, 6.45) is 1.69. The van der Waals surface area contributed by atoms with Gasteiger partial charge in [-0.05, 0) is 23.8 Å². The molecule has 2 heterocycles. The van der Waals surface area contributed by atoms with Crippen LogP contribution in [0, 0.1) is 0 Å². The van der Waals surface area contributed by atoms with E-state index in [2.05, 4.69) is 15.0 Å². The van der Waals surface area contributed by atoms with Crippen molar-refractivity contribution < 1.29 is 0 Å². The molecule has 2 aromatic heterocycles. The summed E-state index contributed by atoms with van der Waals surface area (Å²) in [5.74, 6) is 1.32. The van der Waals surface area contributed by atoms with Crippen LogP contribution in [0.3, 0.4) is 0 Å². The maximum absolute atomic E-state index is 5.97. The van der Waals surface area contributed by atoms with Crippen LogP contribution in [0.5, 0.6) is 0 Å². The van der Waals surface area contributed by atoms with Gasteiger partial charge in [0.05, 0.1) is 5.52 Å². The lowest BCUT2D eigenvalue weighted by Crippen LogP contribution is -2.00. The Kier molecular flexibility index (Phi) is 3.01. The lowest BCUT2D eigenvalue weighted by Gasteiger charge is -2.07. The molecule has 2 N–H and O–H groups in total. The van der Waals surface area contributed by atoms with Crippen LogP contribution >= 0.6 is 11.6 Å². The number of pyridine rings is 1. The summed E-state index contributed by atoms with van der Waals surface area (Å²) < 4.78 is 0. The Bertz CT molecular complexity index is 742. The fourth-order valence-electron chi connectivity index (χ4n) is 1.95. The smallest absolute Gasteiger partial charge is 0.181 e. The van der Waals surface area contributed by atoms with E-state index in [1.165, 1.54) is 0 Å². The second-order valence-electron chi connectivity index (χ2n) is 4.09. The van der Waals surface area contributed by atoms with E-state index < -0.39 is 0 Å². The van der Waals surface area contributed by atoms with Crippen LogP contribution in [-0.4, -0.2) is 15.0 Å². The molecule has 0 bridgehead atoms. The monoisotopic (exact) mass is 270 g/mol. The lowest BCUT2D eigenvalue weighted by molar-refractivity contribution is 1.15. The Balaban J connectivity index is 2.26. The quantitative estimate of drug-likeness (QED) is 0.727. The molecule has 0 unspecified atom stereocenters. The van der Waals surface area contributed by atoms with Gasteiger partial charge in [0.1, 0.15) is 11.5 Å². The number of benzene rings is 1. The number of aromatic nitrogens is 3. The first-order chi connectivity index (χ1) is 9.29. The predicted molar refractivity (Wildman–Crippen MR) is 76.7 cm³/mol. The maximum Gasteiger partial charge on any atom is 0.181 e. The van der Waals surface area contributed by atoms with Crippen LogP contribution < -0.4 is 5.73 Å². The molecule has 4 nitrogen and oxygen atoms in total. The van der Waals surface area contributed by atoms with Crippen LogP contribution in [-0.2, 0) is 5.88 Å². The number of fused-ring (bicyclic) bond motifs is 1. The normalized spacial score (nSPS) is 10.8. The topological polar surface area (TPSA) is 64.7 Å². The van der Waals surface area contributed by atoms with Crippen molar-refractivity contribution in [2.24, 2.45) is 0 Å². The molecule has 3 rings (SSSR count). The second-order valence-corrected chi connectivity index (χ2v) is 4.36. The van der Waals surface area contributed by atoms with E-state index in [-0.39, 0.29) is 0 Å². The molecule has 5 heteroatoms. The van der Waals surface area contributed by atoms with Crippen molar-refractivity contribution in [3.63, 3.8) is 0 Å². The van der Waals surface area contributed by atoms with Gasteiger partial charge in [0.15, 0.2) is 5.82 Å². The third-order valence-electron chi connectivity index (χ3n) is 2.88. The Morgan fingerprint density at radius 1 is 1.05 bits per heavy atom. The third kappa shape index (κ3) is 2.11. The first-order valence-corrected chi connectivity index (χ1v) is 6.35. The SMILES string of the molecule is Nc1nc(-c2ncccc2CCl)nc2ccccc12. The molecule has 0 aliphatic carbocycles. The van der Waals surface area contributed by atoms with Gasteiger partial charge in [-0.15, -0.1) is 11.6 Å². The van der Waals surface area contributed by atoms with E-state index in [1.54, 1.807) is 6.20 Å². The predicted octanol–water partition coefficient (Wildman–Crippen LogP) is 3.01.